The predicted molar refractivity (Wildman–Crippen MR) is 83.5 cm³/mol. The number of aromatic nitrogens is 1. The van der Waals surface area contributed by atoms with Crippen LogP contribution in [-0.2, 0) is 0 Å². The molecule has 108 valence electrons. The Bertz CT molecular complexity index is 633. The van der Waals surface area contributed by atoms with Gasteiger partial charge in [-0.3, -0.25) is 9.78 Å². The Morgan fingerprint density at radius 2 is 2.29 bits per heavy atom. The van der Waals surface area contributed by atoms with Crippen LogP contribution in [0.4, 0.5) is 0 Å². The number of methoxy groups -OCH3 is 1. The van der Waals surface area contributed by atoms with Gasteiger partial charge in [-0.15, -0.1) is 11.8 Å². The van der Waals surface area contributed by atoms with Crippen LogP contribution in [0.25, 0.3) is 0 Å². The largest absolute Gasteiger partial charge is 0.497 e. The minimum Gasteiger partial charge on any atom is -0.497 e. The topological polar surface area (TPSA) is 42.4 Å². The average Bonchev–Trinajstić information content (AvgIpc) is 3.04. The first-order valence-corrected chi connectivity index (χ1v) is 7.81. The number of hydrogen-bond acceptors (Lipinski definition) is 4. The Kier molecular flexibility index (Phi) is 4.10. The van der Waals surface area contributed by atoms with Gasteiger partial charge in [0.2, 0.25) is 0 Å². The number of amides is 1. The number of thioether (sulfide) groups is 1. The predicted octanol–water partition coefficient (Wildman–Crippen LogP) is 2.98. The van der Waals surface area contributed by atoms with E-state index in [0.29, 0.717) is 11.3 Å². The molecule has 2 heterocycles. The van der Waals surface area contributed by atoms with Crippen molar-refractivity contribution in [2.75, 3.05) is 19.4 Å². The van der Waals surface area contributed by atoms with Crippen LogP contribution < -0.4 is 4.74 Å². The lowest BCUT2D eigenvalue weighted by atomic mass is 10.1. The second kappa shape index (κ2) is 6.18. The van der Waals surface area contributed by atoms with E-state index in [1.54, 1.807) is 31.1 Å². The minimum absolute atomic E-state index is 0.0350. The molecule has 1 amide bonds. The van der Waals surface area contributed by atoms with Crippen LogP contribution in [0.15, 0.2) is 48.8 Å². The molecule has 1 unspecified atom stereocenters. The van der Waals surface area contributed by atoms with E-state index in [-0.39, 0.29) is 11.3 Å². The van der Waals surface area contributed by atoms with Crippen LogP contribution in [0.3, 0.4) is 0 Å². The second-order valence-electron chi connectivity index (χ2n) is 4.74. The average molecular weight is 300 g/mol. The first kappa shape index (κ1) is 13.9. The summed E-state index contributed by atoms with van der Waals surface area (Å²) in [5, 5.41) is 0.0393. The quantitative estimate of drug-likeness (QED) is 0.874. The highest BCUT2D eigenvalue weighted by Gasteiger charge is 2.31. The maximum Gasteiger partial charge on any atom is 0.255 e. The normalized spacial score (nSPS) is 17.8. The molecule has 0 spiro atoms. The summed E-state index contributed by atoms with van der Waals surface area (Å²) in [4.78, 5) is 18.8. The number of carbonyl (C=O) groups excluding carboxylic acids is 1. The fourth-order valence-corrected chi connectivity index (χ4v) is 3.64. The summed E-state index contributed by atoms with van der Waals surface area (Å²) in [6.07, 6.45) is 3.58. The highest BCUT2D eigenvalue weighted by molar-refractivity contribution is 7.99. The molecule has 1 fully saturated rings. The van der Waals surface area contributed by atoms with Crippen LogP contribution in [0.2, 0.25) is 0 Å². The third-order valence-corrected chi connectivity index (χ3v) is 4.70. The molecular formula is C16H16N2O2S. The van der Waals surface area contributed by atoms with Crippen LogP contribution in [0.1, 0.15) is 21.3 Å². The molecule has 21 heavy (non-hydrogen) atoms. The van der Waals surface area contributed by atoms with E-state index in [1.807, 2.05) is 41.4 Å². The van der Waals surface area contributed by atoms with Gasteiger partial charge in [0.05, 0.1) is 7.11 Å². The van der Waals surface area contributed by atoms with Crippen molar-refractivity contribution in [3.05, 3.63) is 59.9 Å². The molecule has 0 N–H and O–H groups in total. The molecule has 1 saturated heterocycles. The van der Waals surface area contributed by atoms with Gasteiger partial charge in [-0.2, -0.15) is 0 Å². The van der Waals surface area contributed by atoms with Crippen molar-refractivity contribution in [2.45, 2.75) is 5.37 Å². The molecule has 0 bridgehead atoms. The summed E-state index contributed by atoms with van der Waals surface area (Å²) in [5.41, 5.74) is 1.72. The Balaban J connectivity index is 1.86. The van der Waals surface area contributed by atoms with Gasteiger partial charge >= 0.3 is 0 Å². The van der Waals surface area contributed by atoms with E-state index in [4.69, 9.17) is 4.74 Å². The summed E-state index contributed by atoms with van der Waals surface area (Å²) in [5.74, 6) is 1.67. The molecule has 2 aromatic rings. The number of hydrogen-bond donors (Lipinski definition) is 0. The van der Waals surface area contributed by atoms with Crippen molar-refractivity contribution < 1.29 is 9.53 Å². The number of benzene rings is 1. The zero-order valence-corrected chi connectivity index (χ0v) is 12.5. The molecular weight excluding hydrogens is 284 g/mol. The number of ether oxygens (including phenoxy) is 1. The number of rotatable bonds is 3. The van der Waals surface area contributed by atoms with Gasteiger partial charge in [-0.25, -0.2) is 0 Å². The Hall–Kier alpha value is -2.01. The smallest absolute Gasteiger partial charge is 0.255 e. The first-order chi connectivity index (χ1) is 10.3. The zero-order valence-electron chi connectivity index (χ0n) is 11.7. The monoisotopic (exact) mass is 300 g/mol. The van der Waals surface area contributed by atoms with Crippen LogP contribution in [-0.4, -0.2) is 35.2 Å². The van der Waals surface area contributed by atoms with Crippen molar-refractivity contribution in [3.8, 4) is 5.75 Å². The molecule has 1 aromatic carbocycles. The van der Waals surface area contributed by atoms with Crippen molar-refractivity contribution in [2.24, 2.45) is 0 Å². The summed E-state index contributed by atoms with van der Waals surface area (Å²) in [6.45, 7) is 0.750. The number of nitrogens with zero attached hydrogens (tertiary/aromatic N) is 2. The van der Waals surface area contributed by atoms with Gasteiger partial charge in [0.1, 0.15) is 11.1 Å². The molecule has 0 saturated carbocycles. The van der Waals surface area contributed by atoms with E-state index in [2.05, 4.69) is 4.98 Å². The zero-order chi connectivity index (χ0) is 14.7. The lowest BCUT2D eigenvalue weighted by Crippen LogP contribution is -2.30. The van der Waals surface area contributed by atoms with Crippen LogP contribution >= 0.6 is 11.8 Å². The van der Waals surface area contributed by atoms with Crippen LogP contribution in [0, 0.1) is 0 Å². The number of pyridine rings is 1. The molecule has 0 aliphatic carbocycles. The van der Waals surface area contributed by atoms with Gasteiger partial charge < -0.3 is 9.64 Å². The van der Waals surface area contributed by atoms with Gasteiger partial charge in [0, 0.05) is 35.8 Å². The Labute approximate surface area is 128 Å². The molecule has 4 nitrogen and oxygen atoms in total. The molecule has 3 rings (SSSR count). The molecule has 5 heteroatoms. The molecule has 1 aliphatic rings. The van der Waals surface area contributed by atoms with Crippen molar-refractivity contribution in [1.29, 1.82) is 0 Å². The lowest BCUT2D eigenvalue weighted by molar-refractivity contribution is 0.0760. The van der Waals surface area contributed by atoms with Gasteiger partial charge in [-0.05, 0) is 24.3 Å². The Morgan fingerprint density at radius 3 is 3.05 bits per heavy atom. The molecule has 1 aliphatic heterocycles. The summed E-state index contributed by atoms with van der Waals surface area (Å²) >= 11 is 1.77. The molecule has 0 radical (unpaired) electrons. The van der Waals surface area contributed by atoms with Crippen molar-refractivity contribution in [1.82, 2.24) is 9.88 Å². The van der Waals surface area contributed by atoms with Gasteiger partial charge in [0.15, 0.2) is 0 Å². The third kappa shape index (κ3) is 2.88. The van der Waals surface area contributed by atoms with Crippen LogP contribution in [0.5, 0.6) is 5.75 Å². The van der Waals surface area contributed by atoms with Crippen molar-refractivity contribution in [3.63, 3.8) is 0 Å². The van der Waals surface area contributed by atoms with E-state index < -0.39 is 0 Å². The third-order valence-electron chi connectivity index (χ3n) is 3.44. The minimum atomic E-state index is 0.0350. The second-order valence-corrected chi connectivity index (χ2v) is 5.93. The van der Waals surface area contributed by atoms with E-state index in [9.17, 15) is 4.79 Å². The fourth-order valence-electron chi connectivity index (χ4n) is 2.40. The first-order valence-electron chi connectivity index (χ1n) is 6.76. The maximum atomic E-state index is 12.7. The highest BCUT2D eigenvalue weighted by Crippen LogP contribution is 2.38. The standard InChI is InChI=1S/C16H16N2O2S/c1-20-14-6-2-4-12(10-14)15(19)18-8-9-21-16(18)13-5-3-7-17-11-13/h2-7,10-11,16H,8-9H2,1H3. The number of carbonyl (C=O) groups is 1. The Morgan fingerprint density at radius 1 is 1.38 bits per heavy atom. The van der Waals surface area contributed by atoms with Crippen molar-refractivity contribution >= 4 is 17.7 Å². The van der Waals surface area contributed by atoms with Gasteiger partial charge in [0.25, 0.3) is 5.91 Å². The fraction of sp³-hybridized carbons (Fsp3) is 0.250. The van der Waals surface area contributed by atoms with E-state index in [0.717, 1.165) is 17.9 Å². The summed E-state index contributed by atoms with van der Waals surface area (Å²) < 4.78 is 5.19. The highest BCUT2D eigenvalue weighted by atomic mass is 32.2. The summed E-state index contributed by atoms with van der Waals surface area (Å²) in [7, 11) is 1.60. The lowest BCUT2D eigenvalue weighted by Gasteiger charge is -2.24. The van der Waals surface area contributed by atoms with E-state index in [1.165, 1.54) is 0 Å². The summed E-state index contributed by atoms with van der Waals surface area (Å²) in [6, 6.07) is 11.2. The van der Waals surface area contributed by atoms with Gasteiger partial charge in [-0.1, -0.05) is 12.1 Å². The SMILES string of the molecule is COc1cccc(C(=O)N2CCSC2c2cccnc2)c1. The maximum absolute atomic E-state index is 12.7. The van der Waals surface area contributed by atoms with E-state index >= 15 is 0 Å². The molecule has 1 atom stereocenters. The molecule has 1 aromatic heterocycles.